The normalized spacial score (nSPS) is 11.4. The zero-order valence-corrected chi connectivity index (χ0v) is 14.8. The van der Waals surface area contributed by atoms with Crippen molar-refractivity contribution in [2.24, 2.45) is 0 Å². The number of allylic oxidation sites excluding steroid dienone is 2. The summed E-state index contributed by atoms with van der Waals surface area (Å²) in [4.78, 5) is 4.48. The highest BCUT2D eigenvalue weighted by Gasteiger charge is 2.11. The Kier molecular flexibility index (Phi) is 4.81. The summed E-state index contributed by atoms with van der Waals surface area (Å²) in [5.41, 5.74) is 6.20. The standard InChI is InChI=1S/C22H21N3/c1-4-5-17(3)19-10-11-24-22(12-19)25-14-20(13-23)21(15-25)18-8-6-16(2)7-9-18/h5-12,14-15H,4H2,1-3H3. The number of hydrogen-bond donors (Lipinski definition) is 0. The Morgan fingerprint density at radius 2 is 1.96 bits per heavy atom. The Morgan fingerprint density at radius 1 is 1.20 bits per heavy atom. The molecule has 0 spiro atoms. The molecule has 3 rings (SSSR count). The quantitative estimate of drug-likeness (QED) is 0.632. The molecule has 3 aromatic rings. The summed E-state index contributed by atoms with van der Waals surface area (Å²) in [6.07, 6.45) is 8.85. The predicted molar refractivity (Wildman–Crippen MR) is 102 cm³/mol. The summed E-state index contributed by atoms with van der Waals surface area (Å²) in [7, 11) is 0. The van der Waals surface area contributed by atoms with E-state index in [1.165, 1.54) is 11.1 Å². The number of aryl methyl sites for hydroxylation is 1. The van der Waals surface area contributed by atoms with E-state index in [9.17, 15) is 5.26 Å². The second-order valence-corrected chi connectivity index (χ2v) is 6.17. The third kappa shape index (κ3) is 3.54. The average Bonchev–Trinajstić information content (AvgIpc) is 3.07. The van der Waals surface area contributed by atoms with Crippen LogP contribution in [0.4, 0.5) is 0 Å². The molecule has 0 aliphatic heterocycles. The zero-order valence-electron chi connectivity index (χ0n) is 14.8. The molecule has 3 heteroatoms. The second kappa shape index (κ2) is 7.19. The van der Waals surface area contributed by atoms with Crippen molar-refractivity contribution in [2.45, 2.75) is 27.2 Å². The maximum atomic E-state index is 9.51. The molecule has 1 aromatic carbocycles. The van der Waals surface area contributed by atoms with Crippen LogP contribution in [-0.2, 0) is 0 Å². The fourth-order valence-electron chi connectivity index (χ4n) is 2.87. The van der Waals surface area contributed by atoms with E-state index in [-0.39, 0.29) is 0 Å². The summed E-state index contributed by atoms with van der Waals surface area (Å²) < 4.78 is 1.93. The largest absolute Gasteiger partial charge is 0.307 e. The van der Waals surface area contributed by atoms with E-state index in [2.05, 4.69) is 56.1 Å². The summed E-state index contributed by atoms with van der Waals surface area (Å²) in [5, 5.41) is 9.51. The van der Waals surface area contributed by atoms with Gasteiger partial charge < -0.3 is 4.57 Å². The molecule has 0 N–H and O–H groups in total. The van der Waals surface area contributed by atoms with Crippen molar-refractivity contribution in [3.8, 4) is 23.0 Å². The number of nitrogens with zero attached hydrogens (tertiary/aromatic N) is 3. The van der Waals surface area contributed by atoms with Gasteiger partial charge in [0.1, 0.15) is 11.9 Å². The number of hydrogen-bond acceptors (Lipinski definition) is 2. The first-order chi connectivity index (χ1) is 12.1. The van der Waals surface area contributed by atoms with E-state index in [0.29, 0.717) is 5.56 Å². The minimum Gasteiger partial charge on any atom is -0.307 e. The van der Waals surface area contributed by atoms with E-state index < -0.39 is 0 Å². The molecule has 0 unspecified atom stereocenters. The van der Waals surface area contributed by atoms with Gasteiger partial charge in [0.2, 0.25) is 0 Å². The fourth-order valence-corrected chi connectivity index (χ4v) is 2.87. The first-order valence-electron chi connectivity index (χ1n) is 8.45. The van der Waals surface area contributed by atoms with Gasteiger partial charge in [0.15, 0.2) is 0 Å². The molecule has 124 valence electrons. The van der Waals surface area contributed by atoms with Crippen molar-refractivity contribution in [2.75, 3.05) is 0 Å². The molecule has 0 aliphatic rings. The van der Waals surface area contributed by atoms with Crippen LogP contribution in [0.2, 0.25) is 0 Å². The van der Waals surface area contributed by atoms with Gasteiger partial charge in [0.05, 0.1) is 5.56 Å². The van der Waals surface area contributed by atoms with Crippen LogP contribution in [0, 0.1) is 18.3 Å². The monoisotopic (exact) mass is 327 g/mol. The third-order valence-corrected chi connectivity index (χ3v) is 4.29. The predicted octanol–water partition coefficient (Wildman–Crippen LogP) is 5.53. The Balaban J connectivity index is 2.05. The van der Waals surface area contributed by atoms with E-state index in [4.69, 9.17) is 0 Å². The molecule has 0 saturated heterocycles. The van der Waals surface area contributed by atoms with Gasteiger partial charge in [-0.15, -0.1) is 0 Å². The minimum absolute atomic E-state index is 0.650. The Hall–Kier alpha value is -3.12. The summed E-state index contributed by atoms with van der Waals surface area (Å²) in [5.74, 6) is 0.816. The highest BCUT2D eigenvalue weighted by Crippen LogP contribution is 2.27. The number of rotatable bonds is 4. The van der Waals surface area contributed by atoms with E-state index in [0.717, 1.165) is 28.9 Å². The van der Waals surface area contributed by atoms with Crippen LogP contribution >= 0.6 is 0 Å². The molecule has 0 saturated carbocycles. The van der Waals surface area contributed by atoms with Gasteiger partial charge in [-0.1, -0.05) is 42.8 Å². The first-order valence-corrected chi connectivity index (χ1v) is 8.45. The molecular formula is C22H21N3. The summed E-state index contributed by atoms with van der Waals surface area (Å²) in [6.45, 7) is 6.29. The minimum atomic E-state index is 0.650. The van der Waals surface area contributed by atoms with Gasteiger partial charge in [-0.3, -0.25) is 0 Å². The topological polar surface area (TPSA) is 41.6 Å². The maximum absolute atomic E-state index is 9.51. The molecule has 25 heavy (non-hydrogen) atoms. The third-order valence-electron chi connectivity index (χ3n) is 4.29. The smallest absolute Gasteiger partial charge is 0.137 e. The van der Waals surface area contributed by atoms with Gasteiger partial charge in [0.25, 0.3) is 0 Å². The van der Waals surface area contributed by atoms with Crippen LogP contribution < -0.4 is 0 Å². The summed E-state index contributed by atoms with van der Waals surface area (Å²) >= 11 is 0. The Morgan fingerprint density at radius 3 is 2.64 bits per heavy atom. The molecule has 0 amide bonds. The van der Waals surface area contributed by atoms with E-state index in [1.54, 1.807) is 0 Å². The molecule has 0 aliphatic carbocycles. The lowest BCUT2D eigenvalue weighted by Gasteiger charge is -2.06. The van der Waals surface area contributed by atoms with Crippen molar-refractivity contribution < 1.29 is 0 Å². The van der Waals surface area contributed by atoms with Crippen molar-refractivity contribution in [3.05, 3.63) is 77.8 Å². The molecule has 0 atom stereocenters. The van der Waals surface area contributed by atoms with Gasteiger partial charge >= 0.3 is 0 Å². The van der Waals surface area contributed by atoms with E-state index in [1.807, 2.05) is 41.4 Å². The van der Waals surface area contributed by atoms with Crippen LogP contribution in [0.15, 0.2) is 61.1 Å². The lowest BCUT2D eigenvalue weighted by molar-refractivity contribution is 1.00. The molecule has 2 aromatic heterocycles. The van der Waals surface area contributed by atoms with E-state index >= 15 is 0 Å². The number of aromatic nitrogens is 2. The zero-order chi connectivity index (χ0) is 17.8. The fraction of sp³-hybridized carbons (Fsp3) is 0.182. The van der Waals surface area contributed by atoms with Crippen molar-refractivity contribution in [3.63, 3.8) is 0 Å². The SMILES string of the molecule is CCC=C(C)c1ccnc(-n2cc(C#N)c(-c3ccc(C)cc3)c2)c1. The molecule has 0 bridgehead atoms. The summed E-state index contributed by atoms with van der Waals surface area (Å²) in [6, 6.07) is 14.6. The van der Waals surface area contributed by atoms with Gasteiger partial charge in [-0.25, -0.2) is 4.98 Å². The number of pyridine rings is 1. The van der Waals surface area contributed by atoms with Crippen LogP contribution in [0.3, 0.4) is 0 Å². The number of nitriles is 1. The molecule has 0 fully saturated rings. The van der Waals surface area contributed by atoms with Crippen LogP contribution in [0.5, 0.6) is 0 Å². The van der Waals surface area contributed by atoms with Crippen molar-refractivity contribution in [1.29, 1.82) is 5.26 Å². The highest BCUT2D eigenvalue weighted by molar-refractivity contribution is 5.71. The van der Waals surface area contributed by atoms with Gasteiger partial charge in [0, 0.05) is 24.2 Å². The Labute approximate surface area is 148 Å². The lowest BCUT2D eigenvalue weighted by Crippen LogP contribution is -1.95. The van der Waals surface area contributed by atoms with Crippen molar-refractivity contribution >= 4 is 5.57 Å². The average molecular weight is 327 g/mol. The molecule has 0 radical (unpaired) electrons. The van der Waals surface area contributed by atoms with Crippen molar-refractivity contribution in [1.82, 2.24) is 9.55 Å². The molecule has 2 heterocycles. The lowest BCUT2D eigenvalue weighted by atomic mass is 10.0. The first kappa shape index (κ1) is 16.7. The van der Waals surface area contributed by atoms with Crippen LogP contribution in [0.1, 0.15) is 37.0 Å². The second-order valence-electron chi connectivity index (χ2n) is 6.17. The molecule has 3 nitrogen and oxygen atoms in total. The van der Waals surface area contributed by atoms with Crippen LogP contribution in [-0.4, -0.2) is 9.55 Å². The molecular weight excluding hydrogens is 306 g/mol. The number of benzene rings is 1. The Bertz CT molecular complexity index is 954. The highest BCUT2D eigenvalue weighted by atomic mass is 15.0. The van der Waals surface area contributed by atoms with Gasteiger partial charge in [-0.2, -0.15) is 5.26 Å². The maximum Gasteiger partial charge on any atom is 0.137 e. The van der Waals surface area contributed by atoms with Gasteiger partial charge in [-0.05, 0) is 49.1 Å². The van der Waals surface area contributed by atoms with Crippen LogP contribution in [0.25, 0.3) is 22.5 Å².